The molecule has 0 unspecified atom stereocenters. The molecule has 0 saturated heterocycles. The summed E-state index contributed by atoms with van der Waals surface area (Å²) < 4.78 is 0. The van der Waals surface area contributed by atoms with E-state index in [-0.39, 0.29) is 5.91 Å². The van der Waals surface area contributed by atoms with E-state index in [1.54, 1.807) is 6.92 Å². The predicted molar refractivity (Wildman–Crippen MR) is 75.0 cm³/mol. The predicted octanol–water partition coefficient (Wildman–Crippen LogP) is 3.94. The van der Waals surface area contributed by atoms with Gasteiger partial charge < -0.3 is 4.90 Å². The Morgan fingerprint density at radius 2 is 1.82 bits per heavy atom. The summed E-state index contributed by atoms with van der Waals surface area (Å²) in [4.78, 5) is 13.3. The summed E-state index contributed by atoms with van der Waals surface area (Å²) in [7, 11) is 0. The molecule has 0 aromatic rings. The first-order valence-corrected chi connectivity index (χ1v) is 6.67. The van der Waals surface area contributed by atoms with E-state index in [1.807, 2.05) is 4.90 Å². The minimum atomic E-state index is 0.172. The molecule has 2 heteroatoms. The number of amides is 1. The number of allylic oxidation sites excluding steroid dienone is 3. The van der Waals surface area contributed by atoms with Crippen LogP contribution in [0.25, 0.3) is 0 Å². The number of hydrogen-bond acceptors (Lipinski definition) is 1. The highest BCUT2D eigenvalue weighted by Gasteiger charge is 2.06. The van der Waals surface area contributed by atoms with E-state index in [4.69, 9.17) is 0 Å². The van der Waals surface area contributed by atoms with Crippen molar-refractivity contribution >= 4 is 5.91 Å². The molecule has 2 nitrogen and oxygen atoms in total. The first-order chi connectivity index (χ1) is 8.11. The first-order valence-electron chi connectivity index (χ1n) is 6.67. The molecule has 0 fully saturated rings. The average molecular weight is 237 g/mol. The summed E-state index contributed by atoms with van der Waals surface area (Å²) >= 11 is 0. The van der Waals surface area contributed by atoms with Crippen molar-refractivity contribution in [1.29, 1.82) is 0 Å². The van der Waals surface area contributed by atoms with Gasteiger partial charge in [0.1, 0.15) is 0 Å². The molecule has 0 radical (unpaired) electrons. The fourth-order valence-electron chi connectivity index (χ4n) is 1.69. The monoisotopic (exact) mass is 237 g/mol. The number of carbonyl (C=O) groups is 1. The molecule has 0 heterocycles. The maximum absolute atomic E-state index is 11.4. The highest BCUT2D eigenvalue weighted by Crippen LogP contribution is 2.04. The van der Waals surface area contributed by atoms with Crippen LogP contribution >= 0.6 is 0 Å². The molecule has 0 N–H and O–H groups in total. The summed E-state index contributed by atoms with van der Waals surface area (Å²) in [6, 6.07) is 0. The zero-order valence-corrected chi connectivity index (χ0v) is 11.8. The third kappa shape index (κ3) is 8.73. The third-order valence-corrected chi connectivity index (χ3v) is 2.61. The van der Waals surface area contributed by atoms with Crippen molar-refractivity contribution in [2.45, 2.75) is 53.4 Å². The van der Waals surface area contributed by atoms with Crippen LogP contribution in [0.1, 0.15) is 53.4 Å². The van der Waals surface area contributed by atoms with Gasteiger partial charge in [0, 0.05) is 20.0 Å². The summed E-state index contributed by atoms with van der Waals surface area (Å²) in [5.74, 6) is 0.172. The van der Waals surface area contributed by atoms with Crippen molar-refractivity contribution in [1.82, 2.24) is 4.90 Å². The lowest BCUT2D eigenvalue weighted by atomic mass is 10.2. The van der Waals surface area contributed by atoms with Crippen LogP contribution in [-0.4, -0.2) is 23.9 Å². The van der Waals surface area contributed by atoms with Gasteiger partial charge >= 0.3 is 0 Å². The molecule has 17 heavy (non-hydrogen) atoms. The van der Waals surface area contributed by atoms with Crippen molar-refractivity contribution in [3.63, 3.8) is 0 Å². The van der Waals surface area contributed by atoms with Crippen LogP contribution < -0.4 is 0 Å². The van der Waals surface area contributed by atoms with Gasteiger partial charge in [-0.25, -0.2) is 0 Å². The second kappa shape index (κ2) is 10.1. The Morgan fingerprint density at radius 3 is 2.35 bits per heavy atom. The van der Waals surface area contributed by atoms with Gasteiger partial charge in [0.25, 0.3) is 0 Å². The SMILES string of the molecule is CC/C=C\CC/C=C(/C)CN(CCC)C(C)=O. The molecule has 0 saturated carbocycles. The molecule has 0 aromatic heterocycles. The highest BCUT2D eigenvalue weighted by molar-refractivity contribution is 5.73. The van der Waals surface area contributed by atoms with Gasteiger partial charge in [-0.15, -0.1) is 0 Å². The largest absolute Gasteiger partial charge is 0.339 e. The summed E-state index contributed by atoms with van der Waals surface area (Å²) in [6.45, 7) is 9.64. The fraction of sp³-hybridized carbons (Fsp3) is 0.667. The Balaban J connectivity index is 4.02. The highest BCUT2D eigenvalue weighted by atomic mass is 16.2. The molecule has 0 rings (SSSR count). The lowest BCUT2D eigenvalue weighted by Gasteiger charge is -2.20. The van der Waals surface area contributed by atoms with Gasteiger partial charge in [-0.05, 0) is 32.6 Å². The van der Waals surface area contributed by atoms with Crippen LogP contribution in [0.5, 0.6) is 0 Å². The Hall–Kier alpha value is -1.05. The summed E-state index contributed by atoms with van der Waals surface area (Å²) in [5, 5.41) is 0. The lowest BCUT2D eigenvalue weighted by Crippen LogP contribution is -2.31. The summed E-state index contributed by atoms with van der Waals surface area (Å²) in [5.41, 5.74) is 1.29. The quantitative estimate of drug-likeness (QED) is 0.462. The lowest BCUT2D eigenvalue weighted by molar-refractivity contribution is -0.128. The number of nitrogens with zero attached hydrogens (tertiary/aromatic N) is 1. The normalized spacial score (nSPS) is 12.1. The number of carbonyl (C=O) groups excluding carboxylic acids is 1. The second-order valence-electron chi connectivity index (χ2n) is 4.45. The van der Waals surface area contributed by atoms with Crippen molar-refractivity contribution in [3.8, 4) is 0 Å². The van der Waals surface area contributed by atoms with Gasteiger partial charge in [-0.3, -0.25) is 4.79 Å². The van der Waals surface area contributed by atoms with Crippen molar-refractivity contribution < 1.29 is 4.79 Å². The first kappa shape index (κ1) is 16.0. The van der Waals surface area contributed by atoms with Gasteiger partial charge in [-0.2, -0.15) is 0 Å². The molecule has 1 amide bonds. The minimum Gasteiger partial charge on any atom is -0.339 e. The maximum atomic E-state index is 11.4. The van der Waals surface area contributed by atoms with E-state index in [1.165, 1.54) is 5.57 Å². The van der Waals surface area contributed by atoms with E-state index in [0.29, 0.717) is 0 Å². The molecule has 0 aliphatic heterocycles. The maximum Gasteiger partial charge on any atom is 0.219 e. The van der Waals surface area contributed by atoms with Crippen LogP contribution in [0.4, 0.5) is 0 Å². The van der Waals surface area contributed by atoms with Crippen molar-refractivity contribution in [3.05, 3.63) is 23.8 Å². The van der Waals surface area contributed by atoms with E-state index in [2.05, 4.69) is 39.0 Å². The molecule has 0 aromatic carbocycles. The van der Waals surface area contributed by atoms with E-state index >= 15 is 0 Å². The van der Waals surface area contributed by atoms with Crippen LogP contribution in [0.2, 0.25) is 0 Å². The smallest absolute Gasteiger partial charge is 0.219 e. The molecular weight excluding hydrogens is 210 g/mol. The number of rotatable bonds is 8. The van der Waals surface area contributed by atoms with Crippen LogP contribution in [0.3, 0.4) is 0 Å². The molecule has 98 valence electrons. The molecule has 0 aliphatic carbocycles. The fourth-order valence-corrected chi connectivity index (χ4v) is 1.69. The van der Waals surface area contributed by atoms with Gasteiger partial charge in [0.15, 0.2) is 0 Å². The number of unbranched alkanes of at least 4 members (excludes halogenated alkanes) is 1. The van der Waals surface area contributed by atoms with Gasteiger partial charge in [0.2, 0.25) is 5.91 Å². The zero-order chi connectivity index (χ0) is 13.1. The average Bonchev–Trinajstić information content (AvgIpc) is 2.28. The molecule has 0 bridgehead atoms. The third-order valence-electron chi connectivity index (χ3n) is 2.61. The van der Waals surface area contributed by atoms with E-state index in [9.17, 15) is 4.79 Å². The van der Waals surface area contributed by atoms with Gasteiger partial charge in [0.05, 0.1) is 0 Å². The van der Waals surface area contributed by atoms with Gasteiger partial charge in [-0.1, -0.05) is 37.6 Å². The van der Waals surface area contributed by atoms with E-state index in [0.717, 1.165) is 38.8 Å². The van der Waals surface area contributed by atoms with Crippen LogP contribution in [0, 0.1) is 0 Å². The Morgan fingerprint density at radius 1 is 1.12 bits per heavy atom. The van der Waals surface area contributed by atoms with Crippen molar-refractivity contribution in [2.75, 3.05) is 13.1 Å². The Bertz CT molecular complexity index is 266. The Kier molecular flexibility index (Phi) is 9.50. The summed E-state index contributed by atoms with van der Waals surface area (Å²) in [6.07, 6.45) is 11.0. The molecule has 0 atom stereocenters. The van der Waals surface area contributed by atoms with E-state index < -0.39 is 0 Å². The van der Waals surface area contributed by atoms with Crippen molar-refractivity contribution in [2.24, 2.45) is 0 Å². The topological polar surface area (TPSA) is 20.3 Å². The Labute approximate surface area is 106 Å². The van der Waals surface area contributed by atoms with Crippen LogP contribution in [-0.2, 0) is 4.79 Å². The minimum absolute atomic E-state index is 0.172. The molecule has 0 spiro atoms. The second-order valence-corrected chi connectivity index (χ2v) is 4.45. The molecular formula is C15H27NO. The van der Waals surface area contributed by atoms with Crippen LogP contribution in [0.15, 0.2) is 23.8 Å². The zero-order valence-electron chi connectivity index (χ0n) is 11.8. The molecule has 0 aliphatic rings. The number of hydrogen-bond donors (Lipinski definition) is 0. The standard InChI is InChI=1S/C15H27NO/c1-5-7-8-9-10-11-14(3)13-16(12-6-2)15(4)17/h7-8,11H,5-6,9-10,12-13H2,1-4H3/b8-7-,14-11-.